The van der Waals surface area contributed by atoms with E-state index >= 15 is 0 Å². The molecule has 9 heteroatoms. The summed E-state index contributed by atoms with van der Waals surface area (Å²) in [5.74, 6) is -0.0727. The summed E-state index contributed by atoms with van der Waals surface area (Å²) in [7, 11) is 1.51. The topological polar surface area (TPSA) is 64.4 Å². The van der Waals surface area contributed by atoms with Crippen LogP contribution < -0.4 is 4.74 Å². The minimum atomic E-state index is -4.60. The van der Waals surface area contributed by atoms with Gasteiger partial charge >= 0.3 is 6.18 Å². The fourth-order valence-electron chi connectivity index (χ4n) is 4.17. The molecule has 0 fully saturated rings. The number of halogens is 3. The number of methoxy groups -OCH3 is 1. The Kier molecular flexibility index (Phi) is 5.83. The third kappa shape index (κ3) is 4.24. The Morgan fingerprint density at radius 2 is 1.47 bits per heavy atom. The number of aromatic nitrogens is 2. The normalized spacial score (nSPS) is 13.3. The molecule has 1 aliphatic heterocycles. The molecule has 1 aromatic heterocycles. The van der Waals surface area contributed by atoms with E-state index in [4.69, 9.17) is 4.74 Å². The number of ether oxygens (including phenoxy) is 1. The average Bonchev–Trinajstić information content (AvgIpc) is 3.44. The molecule has 0 bridgehead atoms. The number of fused-ring (bicyclic) bond motifs is 1. The summed E-state index contributed by atoms with van der Waals surface area (Å²) in [6.45, 7) is 0.202. The van der Waals surface area contributed by atoms with Gasteiger partial charge in [0.15, 0.2) is 5.69 Å². The van der Waals surface area contributed by atoms with E-state index in [1.165, 1.54) is 16.7 Å². The van der Waals surface area contributed by atoms with E-state index in [1.807, 2.05) is 0 Å². The first kappa shape index (κ1) is 23.3. The minimum Gasteiger partial charge on any atom is -0.497 e. The van der Waals surface area contributed by atoms with E-state index in [9.17, 15) is 22.8 Å². The lowest BCUT2D eigenvalue weighted by Crippen LogP contribution is -2.31. The zero-order valence-electron chi connectivity index (χ0n) is 19.1. The lowest BCUT2D eigenvalue weighted by molar-refractivity contribution is -0.141. The molecule has 2 amide bonds. The molecule has 0 N–H and O–H groups in total. The van der Waals surface area contributed by atoms with Crippen LogP contribution >= 0.6 is 0 Å². The highest BCUT2D eigenvalue weighted by atomic mass is 19.4. The van der Waals surface area contributed by atoms with Crippen LogP contribution in [0.2, 0.25) is 0 Å². The lowest BCUT2D eigenvalue weighted by Gasteiger charge is -2.14. The highest BCUT2D eigenvalue weighted by Gasteiger charge is 2.36. The van der Waals surface area contributed by atoms with Crippen molar-refractivity contribution in [2.45, 2.75) is 12.6 Å². The predicted octanol–water partition coefficient (Wildman–Crippen LogP) is 5.41. The van der Waals surface area contributed by atoms with Crippen molar-refractivity contribution in [1.82, 2.24) is 14.7 Å². The van der Waals surface area contributed by atoms with Crippen LogP contribution in [0, 0.1) is 0 Å². The molecular formula is C27H20F3N3O3. The number of alkyl halides is 3. The van der Waals surface area contributed by atoms with Crippen molar-refractivity contribution in [3.8, 4) is 22.7 Å². The number of carbonyl (C=O) groups excluding carboxylic acids is 2. The zero-order chi connectivity index (χ0) is 25.4. The Morgan fingerprint density at radius 1 is 0.861 bits per heavy atom. The maximum Gasteiger partial charge on any atom is 0.435 e. The van der Waals surface area contributed by atoms with E-state index < -0.39 is 11.9 Å². The van der Waals surface area contributed by atoms with Gasteiger partial charge < -0.3 is 4.74 Å². The van der Waals surface area contributed by atoms with Crippen LogP contribution in [0.25, 0.3) is 16.9 Å². The van der Waals surface area contributed by atoms with Gasteiger partial charge in [0.1, 0.15) is 5.75 Å². The average molecular weight is 491 g/mol. The summed E-state index contributed by atoms with van der Waals surface area (Å²) < 4.78 is 46.7. The third-order valence-electron chi connectivity index (χ3n) is 6.07. The second-order valence-corrected chi connectivity index (χ2v) is 8.28. The number of hydrogen-bond acceptors (Lipinski definition) is 4. The van der Waals surface area contributed by atoms with Crippen LogP contribution in [0.3, 0.4) is 0 Å². The van der Waals surface area contributed by atoms with Crippen LogP contribution in [0.4, 0.5) is 13.2 Å². The Balaban J connectivity index is 1.38. The summed E-state index contributed by atoms with van der Waals surface area (Å²) in [5.41, 5.74) is 1.90. The molecule has 0 atom stereocenters. The molecule has 0 spiro atoms. The molecule has 2 heterocycles. The molecule has 5 rings (SSSR count). The molecular weight excluding hydrogens is 471 g/mol. The van der Waals surface area contributed by atoms with E-state index in [0.717, 1.165) is 11.6 Å². The maximum atomic E-state index is 13.5. The Hall–Kier alpha value is -4.40. The van der Waals surface area contributed by atoms with E-state index in [1.54, 1.807) is 72.8 Å². The first-order valence-electron chi connectivity index (χ1n) is 11.1. The molecule has 4 aromatic rings. The van der Waals surface area contributed by atoms with E-state index in [-0.39, 0.29) is 24.1 Å². The third-order valence-corrected chi connectivity index (χ3v) is 6.07. The van der Waals surface area contributed by atoms with Gasteiger partial charge in [0, 0.05) is 12.1 Å². The largest absolute Gasteiger partial charge is 0.497 e. The summed E-state index contributed by atoms with van der Waals surface area (Å²) in [5, 5.41) is 3.80. The van der Waals surface area contributed by atoms with Gasteiger partial charge in [0.2, 0.25) is 0 Å². The number of imide groups is 1. The van der Waals surface area contributed by atoms with Gasteiger partial charge in [-0.3, -0.25) is 14.5 Å². The first-order chi connectivity index (χ1) is 17.3. The quantitative estimate of drug-likeness (QED) is 0.339. The fraction of sp³-hybridized carbons (Fsp3) is 0.148. The van der Waals surface area contributed by atoms with Gasteiger partial charge in [-0.05, 0) is 54.4 Å². The van der Waals surface area contributed by atoms with Crippen molar-refractivity contribution in [1.29, 1.82) is 0 Å². The molecule has 0 radical (unpaired) electrons. The van der Waals surface area contributed by atoms with Gasteiger partial charge in [-0.25, -0.2) is 4.68 Å². The molecule has 3 aromatic carbocycles. The minimum absolute atomic E-state index is 0.202. The predicted molar refractivity (Wildman–Crippen MR) is 126 cm³/mol. The molecule has 6 nitrogen and oxygen atoms in total. The van der Waals surface area contributed by atoms with Crippen molar-refractivity contribution in [2.75, 3.05) is 13.7 Å². The van der Waals surface area contributed by atoms with Crippen molar-refractivity contribution in [2.24, 2.45) is 0 Å². The summed E-state index contributed by atoms with van der Waals surface area (Å²) in [6, 6.07) is 21.2. The van der Waals surface area contributed by atoms with Gasteiger partial charge in [-0.15, -0.1) is 0 Å². The Labute approximate surface area is 204 Å². The first-order valence-corrected chi connectivity index (χ1v) is 11.1. The Bertz CT molecular complexity index is 1410. The second-order valence-electron chi connectivity index (χ2n) is 8.28. The zero-order valence-corrected chi connectivity index (χ0v) is 19.1. The standard InChI is InChI=1S/C27H20F3N3O3/c1-36-20-12-10-19(11-13-20)33-23(16-24(31-33)27(28,29)30)18-8-6-17(7-9-18)14-15-32-25(34)21-4-2-3-5-22(21)26(32)35/h2-13,16H,14-15H2,1H3. The molecule has 0 saturated carbocycles. The van der Waals surface area contributed by atoms with Gasteiger partial charge in [0.25, 0.3) is 11.8 Å². The smallest absolute Gasteiger partial charge is 0.435 e. The van der Waals surface area contributed by atoms with E-state index in [0.29, 0.717) is 34.5 Å². The highest BCUT2D eigenvalue weighted by molar-refractivity contribution is 6.21. The van der Waals surface area contributed by atoms with Gasteiger partial charge in [-0.1, -0.05) is 36.4 Å². The molecule has 0 unspecified atom stereocenters. The van der Waals surface area contributed by atoms with Crippen LogP contribution in [-0.2, 0) is 12.6 Å². The molecule has 0 saturated heterocycles. The van der Waals surface area contributed by atoms with Crippen molar-refractivity contribution in [3.63, 3.8) is 0 Å². The molecule has 1 aliphatic rings. The summed E-state index contributed by atoms with van der Waals surface area (Å²) >= 11 is 0. The maximum absolute atomic E-state index is 13.5. The van der Waals surface area contributed by atoms with Crippen LogP contribution in [0.5, 0.6) is 5.75 Å². The molecule has 182 valence electrons. The second kappa shape index (κ2) is 8.99. The molecule has 0 aliphatic carbocycles. The van der Waals surface area contributed by atoms with Crippen molar-refractivity contribution >= 4 is 11.8 Å². The van der Waals surface area contributed by atoms with Crippen molar-refractivity contribution < 1.29 is 27.5 Å². The number of rotatable bonds is 6. The monoisotopic (exact) mass is 491 g/mol. The fourth-order valence-corrected chi connectivity index (χ4v) is 4.17. The highest BCUT2D eigenvalue weighted by Crippen LogP contribution is 2.33. The lowest BCUT2D eigenvalue weighted by atomic mass is 10.1. The van der Waals surface area contributed by atoms with Crippen molar-refractivity contribution in [3.05, 3.63) is 101 Å². The van der Waals surface area contributed by atoms with Crippen LogP contribution in [-0.4, -0.2) is 40.1 Å². The number of carbonyl (C=O) groups is 2. The van der Waals surface area contributed by atoms with E-state index in [2.05, 4.69) is 5.10 Å². The van der Waals surface area contributed by atoms with Crippen LogP contribution in [0.1, 0.15) is 32.0 Å². The molecule has 36 heavy (non-hydrogen) atoms. The Morgan fingerprint density at radius 3 is 2.03 bits per heavy atom. The van der Waals surface area contributed by atoms with Gasteiger partial charge in [-0.2, -0.15) is 18.3 Å². The SMILES string of the molecule is COc1ccc(-n2nc(C(F)(F)F)cc2-c2ccc(CCN3C(=O)c4ccccc4C3=O)cc2)cc1. The number of benzene rings is 3. The number of amides is 2. The van der Waals surface area contributed by atoms with Gasteiger partial charge in [0.05, 0.1) is 29.6 Å². The number of nitrogens with zero attached hydrogens (tertiary/aromatic N) is 3. The summed E-state index contributed by atoms with van der Waals surface area (Å²) in [4.78, 5) is 26.3. The van der Waals surface area contributed by atoms with Crippen LogP contribution in [0.15, 0.2) is 78.9 Å². The summed E-state index contributed by atoms with van der Waals surface area (Å²) in [6.07, 6.45) is -4.18. The number of hydrogen-bond donors (Lipinski definition) is 0.